The molecule has 1 saturated heterocycles. The molecule has 0 spiro atoms. The highest BCUT2D eigenvalue weighted by Crippen LogP contribution is 2.32. The van der Waals surface area contributed by atoms with Crippen LogP contribution >= 0.6 is 0 Å². The monoisotopic (exact) mass is 363 g/mol. The van der Waals surface area contributed by atoms with Crippen molar-refractivity contribution in [3.8, 4) is 5.75 Å². The number of amides is 1. The first-order valence-corrected chi connectivity index (χ1v) is 9.66. The molecule has 1 aliphatic heterocycles. The lowest BCUT2D eigenvalue weighted by Crippen LogP contribution is -2.38. The lowest BCUT2D eigenvalue weighted by molar-refractivity contribution is -0.131. The first-order chi connectivity index (χ1) is 13.2. The summed E-state index contributed by atoms with van der Waals surface area (Å²) >= 11 is 0. The predicted octanol–water partition coefficient (Wildman–Crippen LogP) is 3.91. The Morgan fingerprint density at radius 3 is 2.74 bits per heavy atom. The Hall–Kier alpha value is -2.82. The fraction of sp³-hybridized carbons (Fsp3) is 0.364. The first-order valence-electron chi connectivity index (χ1n) is 9.66. The molecule has 3 heterocycles. The van der Waals surface area contributed by atoms with Crippen molar-refractivity contribution in [2.45, 2.75) is 32.1 Å². The van der Waals surface area contributed by atoms with Gasteiger partial charge in [0.15, 0.2) is 0 Å². The third-order valence-corrected chi connectivity index (χ3v) is 5.34. The van der Waals surface area contributed by atoms with Crippen molar-refractivity contribution in [1.29, 1.82) is 0 Å². The molecular formula is C22H25N3O2. The Balaban J connectivity index is 1.35. The van der Waals surface area contributed by atoms with E-state index in [9.17, 15) is 4.79 Å². The fourth-order valence-electron chi connectivity index (χ4n) is 3.88. The minimum absolute atomic E-state index is 0.203. The topological polar surface area (TPSA) is 58.2 Å². The number of carbonyl (C=O) groups is 1. The number of likely N-dealkylation sites (tertiary alicyclic amines) is 1. The molecule has 0 bridgehead atoms. The number of aromatic amines is 1. The Morgan fingerprint density at radius 2 is 2.00 bits per heavy atom. The number of fused-ring (bicyclic) bond motifs is 1. The summed E-state index contributed by atoms with van der Waals surface area (Å²) in [5.74, 6) is 1.51. The summed E-state index contributed by atoms with van der Waals surface area (Å²) in [7, 11) is 0. The summed E-state index contributed by atoms with van der Waals surface area (Å²) in [6.45, 7) is 4.23. The molecule has 5 nitrogen and oxygen atoms in total. The number of ether oxygens (including phenoxy) is 1. The van der Waals surface area contributed by atoms with Gasteiger partial charge in [-0.05, 0) is 61.1 Å². The van der Waals surface area contributed by atoms with Crippen LogP contribution in [-0.2, 0) is 11.2 Å². The van der Waals surface area contributed by atoms with E-state index in [-0.39, 0.29) is 5.91 Å². The van der Waals surface area contributed by atoms with Gasteiger partial charge in [0.25, 0.3) is 0 Å². The number of hydrogen-bond donors (Lipinski definition) is 1. The highest BCUT2D eigenvalue weighted by atomic mass is 16.5. The van der Waals surface area contributed by atoms with Crippen molar-refractivity contribution in [3.63, 3.8) is 0 Å². The van der Waals surface area contributed by atoms with Crippen molar-refractivity contribution in [1.82, 2.24) is 14.9 Å². The summed E-state index contributed by atoms with van der Waals surface area (Å²) in [6.07, 6.45) is 6.34. The van der Waals surface area contributed by atoms with Gasteiger partial charge in [0.2, 0.25) is 5.91 Å². The minimum atomic E-state index is 0.203. The van der Waals surface area contributed by atoms with Gasteiger partial charge in [0, 0.05) is 25.5 Å². The number of aromatic nitrogens is 2. The van der Waals surface area contributed by atoms with Gasteiger partial charge in [0.1, 0.15) is 5.75 Å². The minimum Gasteiger partial charge on any atom is -0.494 e. The van der Waals surface area contributed by atoms with Gasteiger partial charge in [-0.2, -0.15) is 0 Å². The molecule has 1 aliphatic rings. The van der Waals surface area contributed by atoms with Gasteiger partial charge < -0.3 is 14.6 Å². The number of carbonyl (C=O) groups excluding carboxylic acids is 1. The van der Waals surface area contributed by atoms with Crippen molar-refractivity contribution < 1.29 is 9.53 Å². The predicted molar refractivity (Wildman–Crippen MR) is 106 cm³/mol. The number of nitrogens with one attached hydrogen (secondary N) is 1. The van der Waals surface area contributed by atoms with E-state index in [2.05, 4.69) is 22.2 Å². The maximum Gasteiger partial charge on any atom is 0.226 e. The normalized spacial score (nSPS) is 15.2. The third kappa shape index (κ3) is 3.82. The Morgan fingerprint density at radius 1 is 1.22 bits per heavy atom. The molecule has 4 rings (SSSR count). The zero-order valence-corrected chi connectivity index (χ0v) is 15.6. The number of hydrogen-bond acceptors (Lipinski definition) is 3. The molecule has 140 valence electrons. The quantitative estimate of drug-likeness (QED) is 0.748. The van der Waals surface area contributed by atoms with Gasteiger partial charge in [-0.3, -0.25) is 9.78 Å². The van der Waals surface area contributed by atoms with E-state index in [1.807, 2.05) is 48.4 Å². The van der Waals surface area contributed by atoms with E-state index < -0.39 is 0 Å². The molecule has 2 aromatic heterocycles. The molecule has 1 amide bonds. The average Bonchev–Trinajstić information content (AvgIpc) is 3.14. The smallest absolute Gasteiger partial charge is 0.226 e. The molecule has 0 atom stereocenters. The summed E-state index contributed by atoms with van der Waals surface area (Å²) in [6, 6.07) is 11.8. The average molecular weight is 363 g/mol. The number of pyridine rings is 1. The van der Waals surface area contributed by atoms with Gasteiger partial charge in [-0.25, -0.2) is 0 Å². The number of H-pyrrole nitrogens is 1. The number of rotatable bonds is 5. The van der Waals surface area contributed by atoms with Crippen molar-refractivity contribution in [2.75, 3.05) is 19.7 Å². The summed E-state index contributed by atoms with van der Waals surface area (Å²) in [5, 5.41) is 0. The van der Waals surface area contributed by atoms with Crippen LogP contribution in [0.5, 0.6) is 5.75 Å². The molecule has 1 fully saturated rings. The first kappa shape index (κ1) is 17.6. The van der Waals surface area contributed by atoms with E-state index in [0.717, 1.165) is 48.3 Å². The second-order valence-corrected chi connectivity index (χ2v) is 7.05. The summed E-state index contributed by atoms with van der Waals surface area (Å²) < 4.78 is 5.46. The Bertz CT molecular complexity index is 909. The molecule has 1 aromatic carbocycles. The van der Waals surface area contributed by atoms with E-state index in [0.29, 0.717) is 18.9 Å². The van der Waals surface area contributed by atoms with Gasteiger partial charge in [-0.15, -0.1) is 0 Å². The molecule has 0 aliphatic carbocycles. The van der Waals surface area contributed by atoms with Crippen LogP contribution in [-0.4, -0.2) is 40.5 Å². The van der Waals surface area contributed by atoms with E-state index in [1.54, 1.807) is 0 Å². The van der Waals surface area contributed by atoms with Crippen LogP contribution in [0.2, 0.25) is 0 Å². The SMILES string of the molecule is CCOc1ccc(CC(=O)N2CCC(c3c[nH]c4cccnc34)CC2)cc1. The maximum absolute atomic E-state index is 12.7. The van der Waals surface area contributed by atoms with Crippen LogP contribution in [0.25, 0.3) is 11.0 Å². The van der Waals surface area contributed by atoms with Crippen LogP contribution in [0.1, 0.15) is 36.8 Å². The number of nitrogens with zero attached hydrogens (tertiary/aromatic N) is 2. The molecule has 3 aromatic rings. The summed E-state index contributed by atoms with van der Waals surface area (Å²) in [4.78, 5) is 22.5. The molecule has 1 N–H and O–H groups in total. The van der Waals surface area contributed by atoms with Crippen molar-refractivity contribution >= 4 is 16.9 Å². The van der Waals surface area contributed by atoms with Crippen LogP contribution < -0.4 is 4.74 Å². The zero-order valence-electron chi connectivity index (χ0n) is 15.6. The van der Waals surface area contributed by atoms with Crippen LogP contribution in [0.15, 0.2) is 48.8 Å². The zero-order chi connectivity index (χ0) is 18.6. The van der Waals surface area contributed by atoms with Crippen molar-refractivity contribution in [2.24, 2.45) is 0 Å². The van der Waals surface area contributed by atoms with E-state index in [1.165, 1.54) is 5.56 Å². The van der Waals surface area contributed by atoms with Crippen LogP contribution in [0.4, 0.5) is 0 Å². The fourth-order valence-corrected chi connectivity index (χ4v) is 3.88. The van der Waals surface area contributed by atoms with Crippen molar-refractivity contribution in [3.05, 3.63) is 59.9 Å². The lowest BCUT2D eigenvalue weighted by atomic mass is 9.90. The number of benzene rings is 1. The second-order valence-electron chi connectivity index (χ2n) is 7.05. The molecular weight excluding hydrogens is 338 g/mol. The lowest BCUT2D eigenvalue weighted by Gasteiger charge is -2.32. The van der Waals surface area contributed by atoms with Gasteiger partial charge >= 0.3 is 0 Å². The second kappa shape index (κ2) is 7.82. The third-order valence-electron chi connectivity index (χ3n) is 5.34. The largest absolute Gasteiger partial charge is 0.494 e. The standard InChI is InChI=1S/C22H25N3O2/c1-2-27-18-7-5-16(6-8-18)14-21(26)25-12-9-17(10-13-25)19-15-24-20-4-3-11-23-22(19)20/h3-8,11,15,17,24H,2,9-10,12-14H2,1H3. The Labute approximate surface area is 159 Å². The van der Waals surface area contributed by atoms with Crippen LogP contribution in [0.3, 0.4) is 0 Å². The molecule has 0 saturated carbocycles. The maximum atomic E-state index is 12.7. The summed E-state index contributed by atoms with van der Waals surface area (Å²) in [5.41, 5.74) is 4.47. The van der Waals surface area contributed by atoms with Gasteiger partial charge in [-0.1, -0.05) is 12.1 Å². The van der Waals surface area contributed by atoms with E-state index >= 15 is 0 Å². The molecule has 27 heavy (non-hydrogen) atoms. The highest BCUT2D eigenvalue weighted by Gasteiger charge is 2.25. The number of piperidine rings is 1. The highest BCUT2D eigenvalue weighted by molar-refractivity contribution is 5.80. The molecule has 0 unspecified atom stereocenters. The molecule has 0 radical (unpaired) electrons. The van der Waals surface area contributed by atoms with E-state index in [4.69, 9.17) is 4.74 Å². The molecule has 5 heteroatoms. The van der Waals surface area contributed by atoms with Gasteiger partial charge in [0.05, 0.1) is 24.1 Å². The van der Waals surface area contributed by atoms with Crippen LogP contribution in [0, 0.1) is 0 Å². The Kier molecular flexibility index (Phi) is 5.10.